The van der Waals surface area contributed by atoms with Gasteiger partial charge in [0.25, 0.3) is 17.7 Å². The van der Waals surface area contributed by atoms with Crippen LogP contribution in [0.3, 0.4) is 0 Å². The molecule has 2 aliphatic heterocycles. The minimum Gasteiger partial charge on any atom is -0.496 e. The van der Waals surface area contributed by atoms with E-state index in [0.29, 0.717) is 54.4 Å². The Morgan fingerprint density at radius 1 is 0.781 bits per heavy atom. The van der Waals surface area contributed by atoms with Crippen molar-refractivity contribution in [3.8, 4) is 11.5 Å². The van der Waals surface area contributed by atoms with Gasteiger partial charge in [0, 0.05) is 26.2 Å². The minimum absolute atomic E-state index is 0.244. The maximum Gasteiger partial charge on any atom is 0.262 e. The average Bonchev–Trinajstić information content (AvgIpc) is 3.08. The number of methoxy groups -OCH3 is 2. The van der Waals surface area contributed by atoms with Crippen LogP contribution in [0.2, 0.25) is 0 Å². The molecule has 2 heterocycles. The first-order chi connectivity index (χ1) is 15.5. The van der Waals surface area contributed by atoms with Crippen LogP contribution in [0.25, 0.3) is 0 Å². The summed E-state index contributed by atoms with van der Waals surface area (Å²) in [5, 5.41) is 0. The molecule has 0 aliphatic carbocycles. The molecule has 166 valence electrons. The van der Waals surface area contributed by atoms with Gasteiger partial charge in [-0.05, 0) is 24.3 Å². The second-order valence-electron chi connectivity index (χ2n) is 7.45. The number of nitrogens with zero attached hydrogens (tertiary/aromatic N) is 3. The van der Waals surface area contributed by atoms with Crippen molar-refractivity contribution >= 4 is 23.6 Å². The number of fused-ring (bicyclic) bond motifs is 1. The first kappa shape index (κ1) is 21.4. The predicted octanol–water partition coefficient (Wildman–Crippen LogP) is 1.28. The van der Waals surface area contributed by atoms with Crippen molar-refractivity contribution in [1.29, 1.82) is 0 Å². The second kappa shape index (κ2) is 8.70. The molecule has 1 saturated heterocycles. The van der Waals surface area contributed by atoms with Crippen LogP contribution in [-0.2, 0) is 4.79 Å². The Labute approximate surface area is 185 Å². The van der Waals surface area contributed by atoms with Crippen LogP contribution in [0.4, 0.5) is 0 Å². The van der Waals surface area contributed by atoms with Crippen LogP contribution >= 0.6 is 0 Å². The molecule has 4 rings (SSSR count). The van der Waals surface area contributed by atoms with Crippen LogP contribution in [-0.4, -0.2) is 85.3 Å². The molecule has 0 aromatic heterocycles. The number of hydrogen-bond acceptors (Lipinski definition) is 6. The molecule has 0 saturated carbocycles. The van der Waals surface area contributed by atoms with Gasteiger partial charge in [0.2, 0.25) is 5.91 Å². The maximum atomic E-state index is 13.1. The van der Waals surface area contributed by atoms with Crippen LogP contribution in [0.1, 0.15) is 31.1 Å². The number of imide groups is 1. The standard InChI is InChI=1S/C23H23N3O6/c1-31-17-8-5-9-18(32-2)20(17)23(30)25-12-10-24(11-13-25)19(27)14-26-21(28)15-6-3-4-7-16(15)22(26)29/h3-9H,10-14H2,1-2H3. The van der Waals surface area contributed by atoms with E-state index in [4.69, 9.17) is 9.47 Å². The molecular formula is C23H23N3O6. The van der Waals surface area contributed by atoms with Gasteiger partial charge in [0.1, 0.15) is 23.6 Å². The van der Waals surface area contributed by atoms with E-state index >= 15 is 0 Å². The Bertz CT molecular complexity index is 1030. The largest absolute Gasteiger partial charge is 0.496 e. The Balaban J connectivity index is 1.39. The second-order valence-corrected chi connectivity index (χ2v) is 7.45. The number of carbonyl (C=O) groups is 4. The van der Waals surface area contributed by atoms with Crippen LogP contribution in [0.15, 0.2) is 42.5 Å². The van der Waals surface area contributed by atoms with Crippen molar-refractivity contribution in [3.63, 3.8) is 0 Å². The van der Waals surface area contributed by atoms with Crippen molar-refractivity contribution in [2.24, 2.45) is 0 Å². The number of benzene rings is 2. The van der Waals surface area contributed by atoms with Gasteiger partial charge in [-0.25, -0.2) is 0 Å². The molecule has 32 heavy (non-hydrogen) atoms. The van der Waals surface area contributed by atoms with E-state index in [1.165, 1.54) is 14.2 Å². The molecular weight excluding hydrogens is 414 g/mol. The zero-order valence-corrected chi connectivity index (χ0v) is 17.9. The Hall–Kier alpha value is -3.88. The van der Waals surface area contributed by atoms with Gasteiger partial charge < -0.3 is 19.3 Å². The summed E-state index contributed by atoms with van der Waals surface area (Å²) in [7, 11) is 2.97. The van der Waals surface area contributed by atoms with Gasteiger partial charge in [0.15, 0.2) is 0 Å². The summed E-state index contributed by atoms with van der Waals surface area (Å²) >= 11 is 0. The monoisotopic (exact) mass is 437 g/mol. The number of ether oxygens (including phenoxy) is 2. The van der Waals surface area contributed by atoms with E-state index in [-0.39, 0.29) is 18.4 Å². The lowest BCUT2D eigenvalue weighted by Crippen LogP contribution is -2.53. The molecule has 2 aromatic rings. The first-order valence-corrected chi connectivity index (χ1v) is 10.2. The predicted molar refractivity (Wildman–Crippen MR) is 114 cm³/mol. The lowest BCUT2D eigenvalue weighted by atomic mass is 10.1. The van der Waals surface area contributed by atoms with Crippen LogP contribution < -0.4 is 9.47 Å². The van der Waals surface area contributed by atoms with Gasteiger partial charge in [-0.2, -0.15) is 0 Å². The number of carbonyl (C=O) groups excluding carboxylic acids is 4. The third-order valence-corrected chi connectivity index (χ3v) is 5.73. The number of rotatable bonds is 5. The SMILES string of the molecule is COc1cccc(OC)c1C(=O)N1CCN(C(=O)CN2C(=O)c3ccccc3C2=O)CC1. The van der Waals surface area contributed by atoms with Gasteiger partial charge in [-0.15, -0.1) is 0 Å². The molecule has 4 amide bonds. The summed E-state index contributed by atoms with van der Waals surface area (Å²) in [6.07, 6.45) is 0. The summed E-state index contributed by atoms with van der Waals surface area (Å²) in [6, 6.07) is 11.6. The van der Waals surface area contributed by atoms with Crippen molar-refractivity contribution in [2.75, 3.05) is 46.9 Å². The minimum atomic E-state index is -0.462. The topological polar surface area (TPSA) is 96.5 Å². The molecule has 2 aromatic carbocycles. The highest BCUT2D eigenvalue weighted by molar-refractivity contribution is 6.22. The quantitative estimate of drug-likeness (QED) is 0.654. The Morgan fingerprint density at radius 2 is 1.28 bits per heavy atom. The molecule has 1 fully saturated rings. The molecule has 0 atom stereocenters. The first-order valence-electron chi connectivity index (χ1n) is 10.2. The third-order valence-electron chi connectivity index (χ3n) is 5.73. The molecule has 0 N–H and O–H groups in total. The van der Waals surface area contributed by atoms with Gasteiger partial charge in [-0.3, -0.25) is 24.1 Å². The zero-order valence-electron chi connectivity index (χ0n) is 17.9. The summed E-state index contributed by atoms with van der Waals surface area (Å²) in [5.41, 5.74) is 0.959. The molecule has 0 radical (unpaired) electrons. The van der Waals surface area contributed by atoms with E-state index in [9.17, 15) is 19.2 Å². The zero-order chi connectivity index (χ0) is 22.8. The fraction of sp³-hybridized carbons (Fsp3) is 0.304. The Morgan fingerprint density at radius 3 is 1.78 bits per heavy atom. The number of hydrogen-bond donors (Lipinski definition) is 0. The summed E-state index contributed by atoms with van der Waals surface area (Å²) < 4.78 is 10.6. The average molecular weight is 437 g/mol. The lowest BCUT2D eigenvalue weighted by molar-refractivity contribution is -0.132. The lowest BCUT2D eigenvalue weighted by Gasteiger charge is -2.35. The summed E-state index contributed by atoms with van der Waals surface area (Å²) in [5.74, 6) is -0.669. The fourth-order valence-corrected chi connectivity index (χ4v) is 4.00. The maximum absolute atomic E-state index is 13.1. The molecule has 0 spiro atoms. The number of piperazine rings is 1. The van der Waals surface area contributed by atoms with E-state index in [2.05, 4.69) is 0 Å². The normalized spacial score (nSPS) is 15.6. The molecule has 2 aliphatic rings. The van der Waals surface area contributed by atoms with E-state index in [0.717, 1.165) is 4.90 Å². The van der Waals surface area contributed by atoms with Crippen molar-refractivity contribution in [2.45, 2.75) is 0 Å². The number of amides is 4. The van der Waals surface area contributed by atoms with E-state index < -0.39 is 11.8 Å². The van der Waals surface area contributed by atoms with E-state index in [1.54, 1.807) is 52.3 Å². The van der Waals surface area contributed by atoms with Gasteiger partial charge >= 0.3 is 0 Å². The summed E-state index contributed by atoms with van der Waals surface area (Å²) in [4.78, 5) is 55.0. The molecule has 9 heteroatoms. The van der Waals surface area contributed by atoms with E-state index in [1.807, 2.05) is 0 Å². The highest BCUT2D eigenvalue weighted by Crippen LogP contribution is 2.30. The highest BCUT2D eigenvalue weighted by atomic mass is 16.5. The van der Waals surface area contributed by atoms with Crippen LogP contribution in [0.5, 0.6) is 11.5 Å². The molecule has 9 nitrogen and oxygen atoms in total. The van der Waals surface area contributed by atoms with Crippen molar-refractivity contribution < 1.29 is 28.7 Å². The fourth-order valence-electron chi connectivity index (χ4n) is 4.00. The summed E-state index contributed by atoms with van der Waals surface area (Å²) in [6.45, 7) is 0.902. The highest BCUT2D eigenvalue weighted by Gasteiger charge is 2.37. The van der Waals surface area contributed by atoms with Crippen molar-refractivity contribution in [1.82, 2.24) is 14.7 Å². The van der Waals surface area contributed by atoms with Gasteiger partial charge in [-0.1, -0.05) is 18.2 Å². The molecule has 0 unspecified atom stereocenters. The third kappa shape index (κ3) is 3.66. The molecule has 0 bridgehead atoms. The van der Waals surface area contributed by atoms with Crippen LogP contribution in [0, 0.1) is 0 Å². The smallest absolute Gasteiger partial charge is 0.262 e. The van der Waals surface area contributed by atoms with Crippen molar-refractivity contribution in [3.05, 3.63) is 59.2 Å². The van der Waals surface area contributed by atoms with Gasteiger partial charge in [0.05, 0.1) is 25.3 Å². The Kier molecular flexibility index (Phi) is 5.81.